The van der Waals surface area contributed by atoms with Gasteiger partial charge in [0, 0.05) is 21.8 Å². The first-order valence-electron chi connectivity index (χ1n) is 12.7. The van der Waals surface area contributed by atoms with Crippen molar-refractivity contribution < 1.29 is 4.42 Å². The van der Waals surface area contributed by atoms with Crippen molar-refractivity contribution in [1.29, 1.82) is 0 Å². The van der Waals surface area contributed by atoms with Crippen LogP contribution in [0.4, 0.5) is 0 Å². The molecule has 0 aliphatic heterocycles. The number of fused-ring (bicyclic) bond motifs is 10. The first kappa shape index (κ1) is 19.8. The Morgan fingerprint density at radius 2 is 1.18 bits per heavy atom. The van der Waals surface area contributed by atoms with E-state index in [1.807, 2.05) is 18.2 Å². The monoisotopic (exact) mass is 488 g/mol. The van der Waals surface area contributed by atoms with Gasteiger partial charge in [-0.05, 0) is 54.6 Å². The zero-order chi connectivity index (χ0) is 24.8. The number of aromatic nitrogens is 4. The Hall–Kier alpha value is -5.29. The van der Waals surface area contributed by atoms with Crippen molar-refractivity contribution in [3.8, 4) is 11.4 Å². The second kappa shape index (κ2) is 7.14. The molecule has 0 aliphatic carbocycles. The Balaban J connectivity index is 1.42. The van der Waals surface area contributed by atoms with E-state index in [-0.39, 0.29) is 0 Å². The van der Waals surface area contributed by atoms with Gasteiger partial charge in [-0.3, -0.25) is 8.97 Å². The highest BCUT2D eigenvalue weighted by Crippen LogP contribution is 2.37. The van der Waals surface area contributed by atoms with Gasteiger partial charge >= 0.3 is 0 Å². The number of imidazole rings is 2. The maximum atomic E-state index is 6.17. The number of rotatable bonds is 2. The predicted octanol–water partition coefficient (Wildman–Crippen LogP) is 8.27. The van der Waals surface area contributed by atoms with Crippen LogP contribution in [-0.4, -0.2) is 18.5 Å². The second-order valence-corrected chi connectivity index (χ2v) is 9.71. The predicted molar refractivity (Wildman–Crippen MR) is 154 cm³/mol. The maximum absolute atomic E-state index is 6.17. The van der Waals surface area contributed by atoms with Gasteiger partial charge in [-0.1, -0.05) is 66.7 Å². The Labute approximate surface area is 216 Å². The SMILES string of the molecule is c1ccc(-n2c3ccccc3c3ccc(-n4c5ccccc5n5c6c(nc45)oc4ccccc46)cc32)cc1. The first-order valence-corrected chi connectivity index (χ1v) is 12.7. The maximum Gasteiger partial charge on any atom is 0.248 e. The third kappa shape index (κ3) is 2.47. The molecule has 5 aromatic carbocycles. The van der Waals surface area contributed by atoms with Crippen molar-refractivity contribution >= 4 is 60.8 Å². The fourth-order valence-corrected chi connectivity index (χ4v) is 6.09. The van der Waals surface area contributed by atoms with E-state index in [1.54, 1.807) is 0 Å². The molecule has 178 valence electrons. The van der Waals surface area contributed by atoms with Gasteiger partial charge in [-0.15, -0.1) is 0 Å². The highest BCUT2D eigenvalue weighted by molar-refractivity contribution is 6.10. The fourth-order valence-electron chi connectivity index (χ4n) is 6.09. The third-order valence-electron chi connectivity index (χ3n) is 7.67. The summed E-state index contributed by atoms with van der Waals surface area (Å²) >= 11 is 0. The summed E-state index contributed by atoms with van der Waals surface area (Å²) < 4.78 is 13.0. The number of hydrogen-bond donors (Lipinski definition) is 0. The van der Waals surface area contributed by atoms with Crippen LogP contribution in [0.3, 0.4) is 0 Å². The average molecular weight is 489 g/mol. The molecule has 38 heavy (non-hydrogen) atoms. The van der Waals surface area contributed by atoms with Crippen molar-refractivity contribution in [1.82, 2.24) is 18.5 Å². The lowest BCUT2D eigenvalue weighted by Gasteiger charge is -2.10. The van der Waals surface area contributed by atoms with Gasteiger partial charge in [0.25, 0.3) is 0 Å². The molecule has 4 aromatic heterocycles. The van der Waals surface area contributed by atoms with E-state index in [0.717, 1.165) is 50.2 Å². The van der Waals surface area contributed by atoms with E-state index >= 15 is 0 Å². The molecule has 0 saturated heterocycles. The van der Waals surface area contributed by atoms with Crippen molar-refractivity contribution in [3.63, 3.8) is 0 Å². The molecule has 9 aromatic rings. The lowest BCUT2D eigenvalue weighted by Crippen LogP contribution is -1.97. The van der Waals surface area contributed by atoms with E-state index in [2.05, 4.69) is 117 Å². The van der Waals surface area contributed by atoms with Gasteiger partial charge < -0.3 is 8.98 Å². The molecule has 0 saturated carbocycles. The quantitative estimate of drug-likeness (QED) is 0.246. The van der Waals surface area contributed by atoms with Crippen LogP contribution in [0.1, 0.15) is 0 Å². The summed E-state index contributed by atoms with van der Waals surface area (Å²) in [5, 5.41) is 3.53. The van der Waals surface area contributed by atoms with E-state index < -0.39 is 0 Å². The van der Waals surface area contributed by atoms with Crippen LogP contribution in [0, 0.1) is 0 Å². The lowest BCUT2D eigenvalue weighted by molar-refractivity contribution is 0.656. The molecule has 9 rings (SSSR count). The molecule has 0 bridgehead atoms. The average Bonchev–Trinajstić information content (AvgIpc) is 3.68. The summed E-state index contributed by atoms with van der Waals surface area (Å²) in [6, 6.07) is 42.5. The van der Waals surface area contributed by atoms with E-state index in [4.69, 9.17) is 9.40 Å². The largest absolute Gasteiger partial charge is 0.436 e. The van der Waals surface area contributed by atoms with Crippen LogP contribution in [0.25, 0.3) is 72.2 Å². The minimum absolute atomic E-state index is 0.653. The standard InChI is InChI=1S/C33H20N4O/c1-2-10-21(11-3-1)35-26-14-6-4-12-23(26)24-19-18-22(20-29(24)35)36-27-15-7-8-16-28(27)37-31-25-13-5-9-17-30(25)38-32(31)34-33(36)37/h1-20H. The normalized spacial score (nSPS) is 12.2. The highest BCUT2D eigenvalue weighted by atomic mass is 16.3. The van der Waals surface area contributed by atoms with Gasteiger partial charge in [0.05, 0.1) is 27.8 Å². The molecule has 0 N–H and O–H groups in total. The van der Waals surface area contributed by atoms with Gasteiger partial charge in [0.1, 0.15) is 11.1 Å². The molecule has 0 atom stereocenters. The van der Waals surface area contributed by atoms with E-state index in [1.165, 1.54) is 16.3 Å². The number of benzene rings is 5. The molecular formula is C33H20N4O. The zero-order valence-electron chi connectivity index (χ0n) is 20.2. The fraction of sp³-hybridized carbons (Fsp3) is 0. The first-order chi connectivity index (χ1) is 18.9. The summed E-state index contributed by atoms with van der Waals surface area (Å²) in [7, 11) is 0. The molecule has 0 amide bonds. The van der Waals surface area contributed by atoms with E-state index in [9.17, 15) is 0 Å². The number of para-hydroxylation sites is 5. The molecule has 0 spiro atoms. The molecule has 5 heteroatoms. The Morgan fingerprint density at radius 1 is 0.500 bits per heavy atom. The Morgan fingerprint density at radius 3 is 2.05 bits per heavy atom. The molecule has 0 unspecified atom stereocenters. The molecular weight excluding hydrogens is 468 g/mol. The van der Waals surface area contributed by atoms with Crippen LogP contribution in [0.5, 0.6) is 0 Å². The minimum Gasteiger partial charge on any atom is -0.436 e. The Kier molecular flexibility index (Phi) is 3.73. The summed E-state index contributed by atoms with van der Waals surface area (Å²) in [6.07, 6.45) is 0. The lowest BCUT2D eigenvalue weighted by atomic mass is 10.1. The topological polar surface area (TPSA) is 40.3 Å². The molecule has 0 aliphatic rings. The van der Waals surface area contributed by atoms with E-state index in [0.29, 0.717) is 5.71 Å². The zero-order valence-corrected chi connectivity index (χ0v) is 20.2. The van der Waals surface area contributed by atoms with Crippen molar-refractivity contribution in [2.75, 3.05) is 0 Å². The minimum atomic E-state index is 0.653. The van der Waals surface area contributed by atoms with Crippen molar-refractivity contribution in [2.45, 2.75) is 0 Å². The van der Waals surface area contributed by atoms with Gasteiger partial charge in [0.15, 0.2) is 0 Å². The second-order valence-electron chi connectivity index (χ2n) is 9.71. The van der Waals surface area contributed by atoms with Gasteiger partial charge in [0.2, 0.25) is 11.5 Å². The van der Waals surface area contributed by atoms with Crippen LogP contribution in [-0.2, 0) is 0 Å². The summed E-state index contributed by atoms with van der Waals surface area (Å²) in [4.78, 5) is 5.02. The summed E-state index contributed by atoms with van der Waals surface area (Å²) in [5.41, 5.74) is 9.26. The Bertz CT molecular complexity index is 2350. The number of nitrogens with zero attached hydrogens (tertiary/aromatic N) is 4. The summed E-state index contributed by atoms with van der Waals surface area (Å²) in [5.74, 6) is 0.840. The van der Waals surface area contributed by atoms with Crippen LogP contribution >= 0.6 is 0 Å². The number of hydrogen-bond acceptors (Lipinski definition) is 2. The van der Waals surface area contributed by atoms with Crippen molar-refractivity contribution in [3.05, 3.63) is 121 Å². The van der Waals surface area contributed by atoms with Crippen molar-refractivity contribution in [2.24, 2.45) is 0 Å². The summed E-state index contributed by atoms with van der Waals surface area (Å²) in [6.45, 7) is 0. The smallest absolute Gasteiger partial charge is 0.248 e. The van der Waals surface area contributed by atoms with Gasteiger partial charge in [-0.2, -0.15) is 4.98 Å². The van der Waals surface area contributed by atoms with Crippen LogP contribution in [0.15, 0.2) is 126 Å². The molecule has 0 radical (unpaired) electrons. The molecule has 5 nitrogen and oxygen atoms in total. The highest BCUT2D eigenvalue weighted by Gasteiger charge is 2.22. The molecule has 0 fully saturated rings. The van der Waals surface area contributed by atoms with Crippen LogP contribution in [0.2, 0.25) is 0 Å². The van der Waals surface area contributed by atoms with Gasteiger partial charge in [-0.25, -0.2) is 0 Å². The number of furan rings is 1. The third-order valence-corrected chi connectivity index (χ3v) is 7.67. The molecule has 4 heterocycles. The van der Waals surface area contributed by atoms with Crippen LogP contribution < -0.4 is 0 Å².